The molecule has 2 aromatic carbocycles. The molecule has 6 heteroatoms. The number of fused-ring (bicyclic) bond motifs is 1. The number of benzene rings is 2. The van der Waals surface area contributed by atoms with Gasteiger partial charge in [-0.05, 0) is 31.5 Å². The summed E-state index contributed by atoms with van der Waals surface area (Å²) in [4.78, 5) is 9.43. The zero-order valence-corrected chi connectivity index (χ0v) is 15.6. The van der Waals surface area contributed by atoms with Crippen LogP contribution in [0.2, 0.25) is 0 Å². The summed E-state index contributed by atoms with van der Waals surface area (Å²) in [7, 11) is 0. The molecule has 0 aliphatic carbocycles. The summed E-state index contributed by atoms with van der Waals surface area (Å²) in [5.74, 6) is 1.63. The number of thioether (sulfide) groups is 1. The van der Waals surface area contributed by atoms with E-state index >= 15 is 0 Å². The first-order valence-corrected chi connectivity index (χ1v) is 9.48. The summed E-state index contributed by atoms with van der Waals surface area (Å²) in [6, 6.07) is 18.3. The Hall–Kier alpha value is -2.73. The van der Waals surface area contributed by atoms with Crippen molar-refractivity contribution in [1.82, 2.24) is 24.7 Å². The molecule has 0 amide bonds. The molecule has 4 aromatic rings. The lowest BCUT2D eigenvalue weighted by Crippen LogP contribution is -2.04. The summed E-state index contributed by atoms with van der Waals surface area (Å²) >= 11 is 1.65. The SMILES string of the molecule is Cc1nc2ccccc2nc1CSc1nnc(C)n1Cc1ccccc1. The predicted molar refractivity (Wildman–Crippen MR) is 104 cm³/mol. The van der Waals surface area contributed by atoms with E-state index in [9.17, 15) is 0 Å². The van der Waals surface area contributed by atoms with Crippen molar-refractivity contribution in [3.8, 4) is 0 Å². The first kappa shape index (κ1) is 16.7. The molecule has 5 nitrogen and oxygen atoms in total. The van der Waals surface area contributed by atoms with E-state index in [4.69, 9.17) is 4.98 Å². The highest BCUT2D eigenvalue weighted by Crippen LogP contribution is 2.24. The van der Waals surface area contributed by atoms with Gasteiger partial charge in [-0.3, -0.25) is 0 Å². The van der Waals surface area contributed by atoms with Gasteiger partial charge in [0.15, 0.2) is 5.16 Å². The molecule has 2 heterocycles. The molecule has 0 aliphatic rings. The average Bonchev–Trinajstić information content (AvgIpc) is 3.01. The quantitative estimate of drug-likeness (QED) is 0.499. The van der Waals surface area contributed by atoms with Crippen molar-refractivity contribution >= 4 is 22.8 Å². The maximum absolute atomic E-state index is 4.77. The standard InChI is InChI=1S/C20H19N5S/c1-14-19(22-18-11-7-6-10-17(18)21-14)13-26-20-24-23-15(2)25(20)12-16-8-4-3-5-9-16/h3-11H,12-13H2,1-2H3. The molecule has 0 radical (unpaired) electrons. The second kappa shape index (κ2) is 7.25. The molecule has 0 bridgehead atoms. The van der Waals surface area contributed by atoms with Gasteiger partial charge in [-0.15, -0.1) is 10.2 Å². The topological polar surface area (TPSA) is 56.5 Å². The Morgan fingerprint density at radius 2 is 1.54 bits per heavy atom. The highest BCUT2D eigenvalue weighted by Gasteiger charge is 2.12. The van der Waals surface area contributed by atoms with Crippen LogP contribution in [0.5, 0.6) is 0 Å². The molecule has 0 fully saturated rings. The second-order valence-corrected chi connectivity index (χ2v) is 7.08. The highest BCUT2D eigenvalue weighted by atomic mass is 32.2. The van der Waals surface area contributed by atoms with Gasteiger partial charge in [-0.25, -0.2) is 9.97 Å². The lowest BCUT2D eigenvalue weighted by atomic mass is 10.2. The predicted octanol–water partition coefficient (Wildman–Crippen LogP) is 4.18. The molecule has 130 valence electrons. The van der Waals surface area contributed by atoms with Crippen LogP contribution in [0.1, 0.15) is 22.8 Å². The fourth-order valence-electron chi connectivity index (χ4n) is 2.81. The average molecular weight is 361 g/mol. The van der Waals surface area contributed by atoms with Crippen LogP contribution in [0.25, 0.3) is 11.0 Å². The molecule has 26 heavy (non-hydrogen) atoms. The monoisotopic (exact) mass is 361 g/mol. The second-order valence-electron chi connectivity index (χ2n) is 6.13. The third kappa shape index (κ3) is 3.46. The van der Waals surface area contributed by atoms with Crippen LogP contribution >= 0.6 is 11.8 Å². The van der Waals surface area contributed by atoms with E-state index in [1.165, 1.54) is 5.56 Å². The molecular weight excluding hydrogens is 342 g/mol. The number of hydrogen-bond acceptors (Lipinski definition) is 5. The number of hydrogen-bond donors (Lipinski definition) is 0. The third-order valence-electron chi connectivity index (χ3n) is 4.27. The lowest BCUT2D eigenvalue weighted by Gasteiger charge is -2.09. The van der Waals surface area contributed by atoms with Gasteiger partial charge >= 0.3 is 0 Å². The van der Waals surface area contributed by atoms with E-state index in [0.717, 1.165) is 45.7 Å². The summed E-state index contributed by atoms with van der Waals surface area (Å²) in [5, 5.41) is 9.50. The fourth-order valence-corrected chi connectivity index (χ4v) is 3.80. The van der Waals surface area contributed by atoms with Gasteiger partial charge in [0.25, 0.3) is 0 Å². The first-order valence-electron chi connectivity index (χ1n) is 8.49. The Bertz CT molecular complexity index is 1040. The lowest BCUT2D eigenvalue weighted by molar-refractivity contribution is 0.688. The van der Waals surface area contributed by atoms with Gasteiger partial charge in [-0.1, -0.05) is 54.2 Å². The van der Waals surface area contributed by atoms with Gasteiger partial charge in [0.1, 0.15) is 5.82 Å². The minimum Gasteiger partial charge on any atom is -0.302 e. The van der Waals surface area contributed by atoms with Crippen molar-refractivity contribution in [2.24, 2.45) is 0 Å². The Kier molecular flexibility index (Phi) is 4.67. The van der Waals surface area contributed by atoms with Crippen molar-refractivity contribution < 1.29 is 0 Å². The Labute approximate surface area is 156 Å². The number of aryl methyl sites for hydroxylation is 2. The summed E-state index contributed by atoms with van der Waals surface area (Å²) in [6.07, 6.45) is 0. The van der Waals surface area contributed by atoms with Crippen molar-refractivity contribution in [1.29, 1.82) is 0 Å². The normalized spacial score (nSPS) is 11.2. The summed E-state index contributed by atoms with van der Waals surface area (Å²) in [5.41, 5.74) is 5.04. The molecule has 2 aromatic heterocycles. The van der Waals surface area contributed by atoms with E-state index in [1.54, 1.807) is 11.8 Å². The zero-order chi connectivity index (χ0) is 17.9. The van der Waals surface area contributed by atoms with Gasteiger partial charge < -0.3 is 4.57 Å². The van der Waals surface area contributed by atoms with Crippen LogP contribution in [-0.2, 0) is 12.3 Å². The minimum absolute atomic E-state index is 0.719. The first-order chi connectivity index (χ1) is 12.7. The summed E-state index contributed by atoms with van der Waals surface area (Å²) in [6.45, 7) is 4.76. The number of aromatic nitrogens is 5. The van der Waals surface area contributed by atoms with Gasteiger partial charge in [0.2, 0.25) is 0 Å². The van der Waals surface area contributed by atoms with Gasteiger partial charge in [0, 0.05) is 5.75 Å². The van der Waals surface area contributed by atoms with E-state index in [0.29, 0.717) is 0 Å². The molecule has 0 unspecified atom stereocenters. The van der Waals surface area contributed by atoms with Crippen molar-refractivity contribution in [2.75, 3.05) is 0 Å². The largest absolute Gasteiger partial charge is 0.302 e. The van der Waals surface area contributed by atoms with Gasteiger partial charge in [0.05, 0.1) is 29.0 Å². The van der Waals surface area contributed by atoms with Crippen LogP contribution in [0.3, 0.4) is 0 Å². The summed E-state index contributed by atoms with van der Waals surface area (Å²) < 4.78 is 2.14. The molecular formula is C20H19N5S. The Balaban J connectivity index is 1.56. The van der Waals surface area contributed by atoms with Crippen LogP contribution in [0.15, 0.2) is 59.8 Å². The van der Waals surface area contributed by atoms with Gasteiger partial charge in [-0.2, -0.15) is 0 Å². The Morgan fingerprint density at radius 3 is 2.31 bits per heavy atom. The van der Waals surface area contributed by atoms with Crippen LogP contribution in [-0.4, -0.2) is 24.7 Å². The highest BCUT2D eigenvalue weighted by molar-refractivity contribution is 7.98. The third-order valence-corrected chi connectivity index (χ3v) is 5.24. The van der Waals surface area contributed by atoms with Crippen LogP contribution < -0.4 is 0 Å². The van der Waals surface area contributed by atoms with E-state index in [-0.39, 0.29) is 0 Å². The van der Waals surface area contributed by atoms with E-state index in [1.807, 2.05) is 44.2 Å². The molecule has 4 rings (SSSR count). The van der Waals surface area contributed by atoms with Crippen molar-refractivity contribution in [3.63, 3.8) is 0 Å². The molecule has 0 N–H and O–H groups in total. The smallest absolute Gasteiger partial charge is 0.191 e. The van der Waals surface area contributed by atoms with E-state index < -0.39 is 0 Å². The number of nitrogens with zero attached hydrogens (tertiary/aromatic N) is 5. The van der Waals surface area contributed by atoms with Crippen LogP contribution in [0, 0.1) is 13.8 Å². The Morgan fingerprint density at radius 1 is 0.846 bits per heavy atom. The maximum Gasteiger partial charge on any atom is 0.191 e. The van der Waals surface area contributed by atoms with Crippen LogP contribution in [0.4, 0.5) is 0 Å². The fraction of sp³-hybridized carbons (Fsp3) is 0.200. The molecule has 0 aliphatic heterocycles. The molecule has 0 saturated carbocycles. The molecule has 0 spiro atoms. The van der Waals surface area contributed by atoms with Crippen molar-refractivity contribution in [3.05, 3.63) is 77.4 Å². The zero-order valence-electron chi connectivity index (χ0n) is 14.8. The number of rotatable bonds is 5. The van der Waals surface area contributed by atoms with E-state index in [2.05, 4.69) is 44.0 Å². The molecule has 0 atom stereocenters. The molecule has 0 saturated heterocycles. The maximum atomic E-state index is 4.77. The van der Waals surface area contributed by atoms with Crippen molar-refractivity contribution in [2.45, 2.75) is 31.3 Å². The number of para-hydroxylation sites is 2. The minimum atomic E-state index is 0.719.